The van der Waals surface area contributed by atoms with Crippen molar-refractivity contribution >= 4 is 17.7 Å². The van der Waals surface area contributed by atoms with E-state index in [1.54, 1.807) is 11.8 Å². The number of allylic oxidation sites excluding steroid dienone is 1. The molecule has 0 saturated heterocycles. The van der Waals surface area contributed by atoms with Crippen molar-refractivity contribution < 1.29 is 4.79 Å². The van der Waals surface area contributed by atoms with E-state index in [0.29, 0.717) is 5.75 Å². The number of thioether (sulfide) groups is 1. The molecule has 1 amide bonds. The third-order valence-electron chi connectivity index (χ3n) is 3.27. The first kappa shape index (κ1) is 14.2. The molecule has 0 saturated carbocycles. The normalized spacial score (nSPS) is 14.8. The zero-order chi connectivity index (χ0) is 13.3. The highest BCUT2D eigenvalue weighted by Gasteiger charge is 2.05. The number of amides is 1. The molecule has 3 heteroatoms. The van der Waals surface area contributed by atoms with E-state index in [4.69, 9.17) is 0 Å². The topological polar surface area (TPSA) is 29.1 Å². The number of hydrogen-bond donors (Lipinski definition) is 1. The van der Waals surface area contributed by atoms with E-state index < -0.39 is 0 Å². The van der Waals surface area contributed by atoms with Gasteiger partial charge in [-0.05, 0) is 44.2 Å². The molecular weight excluding hydrogens is 254 g/mol. The summed E-state index contributed by atoms with van der Waals surface area (Å²) in [5, 5.41) is 3.00. The van der Waals surface area contributed by atoms with Gasteiger partial charge in [-0.1, -0.05) is 29.8 Å². The highest BCUT2D eigenvalue weighted by atomic mass is 32.2. The Morgan fingerprint density at radius 1 is 1.21 bits per heavy atom. The second kappa shape index (κ2) is 8.05. The third kappa shape index (κ3) is 5.52. The van der Waals surface area contributed by atoms with Crippen LogP contribution >= 0.6 is 11.8 Å². The van der Waals surface area contributed by atoms with Gasteiger partial charge in [-0.15, -0.1) is 11.8 Å². The van der Waals surface area contributed by atoms with Gasteiger partial charge in [-0.3, -0.25) is 4.79 Å². The molecule has 1 aromatic rings. The lowest BCUT2D eigenvalue weighted by Gasteiger charge is -2.12. The quantitative estimate of drug-likeness (QED) is 0.632. The average molecular weight is 275 g/mol. The molecule has 1 N–H and O–H groups in total. The highest BCUT2D eigenvalue weighted by molar-refractivity contribution is 8.00. The summed E-state index contributed by atoms with van der Waals surface area (Å²) in [7, 11) is 0. The maximum Gasteiger partial charge on any atom is 0.230 e. The molecule has 0 radical (unpaired) electrons. The van der Waals surface area contributed by atoms with Crippen LogP contribution in [0.1, 0.15) is 32.1 Å². The van der Waals surface area contributed by atoms with E-state index in [2.05, 4.69) is 11.4 Å². The number of carbonyl (C=O) groups is 1. The Morgan fingerprint density at radius 3 is 2.79 bits per heavy atom. The number of benzene rings is 1. The van der Waals surface area contributed by atoms with Crippen molar-refractivity contribution in [3.8, 4) is 0 Å². The molecule has 0 bridgehead atoms. The Kier molecular flexibility index (Phi) is 6.02. The summed E-state index contributed by atoms with van der Waals surface area (Å²) in [6.07, 6.45) is 8.42. The van der Waals surface area contributed by atoms with Gasteiger partial charge >= 0.3 is 0 Å². The standard InChI is InChI=1S/C16H21NOS/c18-16(13-19-15-9-5-2-6-10-15)17-12-11-14-7-3-1-4-8-14/h2,5-7,9-10H,1,3-4,8,11-13H2,(H,17,18). The summed E-state index contributed by atoms with van der Waals surface area (Å²) < 4.78 is 0. The van der Waals surface area contributed by atoms with Crippen LogP contribution in [0.5, 0.6) is 0 Å². The van der Waals surface area contributed by atoms with Crippen LogP contribution in [-0.4, -0.2) is 18.2 Å². The van der Waals surface area contributed by atoms with Crippen LogP contribution in [0.3, 0.4) is 0 Å². The predicted molar refractivity (Wildman–Crippen MR) is 81.3 cm³/mol. The Balaban J connectivity index is 1.61. The largest absolute Gasteiger partial charge is 0.355 e. The van der Waals surface area contributed by atoms with Gasteiger partial charge in [-0.2, -0.15) is 0 Å². The zero-order valence-corrected chi connectivity index (χ0v) is 12.0. The van der Waals surface area contributed by atoms with Gasteiger partial charge < -0.3 is 5.32 Å². The van der Waals surface area contributed by atoms with E-state index >= 15 is 0 Å². The second-order valence-corrected chi connectivity index (χ2v) is 5.86. The van der Waals surface area contributed by atoms with Crippen molar-refractivity contribution in [2.24, 2.45) is 0 Å². The molecule has 0 aliphatic heterocycles. The van der Waals surface area contributed by atoms with Crippen LogP contribution in [-0.2, 0) is 4.79 Å². The first-order chi connectivity index (χ1) is 9.34. The lowest BCUT2D eigenvalue weighted by Crippen LogP contribution is -2.26. The van der Waals surface area contributed by atoms with Crippen LogP contribution in [0.2, 0.25) is 0 Å². The molecule has 0 fully saturated rings. The maximum atomic E-state index is 11.7. The summed E-state index contributed by atoms with van der Waals surface area (Å²) >= 11 is 1.59. The number of nitrogens with one attached hydrogen (secondary N) is 1. The van der Waals surface area contributed by atoms with Crippen LogP contribution in [0.4, 0.5) is 0 Å². The fraction of sp³-hybridized carbons (Fsp3) is 0.438. The summed E-state index contributed by atoms with van der Waals surface area (Å²) in [6.45, 7) is 0.778. The predicted octanol–water partition coefficient (Wildman–Crippen LogP) is 3.79. The smallest absolute Gasteiger partial charge is 0.230 e. The molecule has 102 valence electrons. The summed E-state index contributed by atoms with van der Waals surface area (Å²) in [4.78, 5) is 12.9. The van der Waals surface area contributed by atoms with E-state index in [1.807, 2.05) is 30.3 Å². The van der Waals surface area contributed by atoms with Crippen LogP contribution in [0.25, 0.3) is 0 Å². The SMILES string of the molecule is O=C(CSc1ccccc1)NCCC1=CCCCC1. The van der Waals surface area contributed by atoms with Gasteiger partial charge in [0.1, 0.15) is 0 Å². The molecule has 0 atom stereocenters. The molecule has 0 spiro atoms. The lowest BCUT2D eigenvalue weighted by molar-refractivity contribution is -0.118. The average Bonchev–Trinajstić information content (AvgIpc) is 2.47. The van der Waals surface area contributed by atoms with Crippen molar-refractivity contribution in [1.82, 2.24) is 5.32 Å². The van der Waals surface area contributed by atoms with Gasteiger partial charge in [-0.25, -0.2) is 0 Å². The molecule has 0 unspecified atom stereocenters. The van der Waals surface area contributed by atoms with E-state index in [9.17, 15) is 4.79 Å². The fourth-order valence-corrected chi connectivity index (χ4v) is 2.96. The summed E-state index contributed by atoms with van der Waals surface area (Å²) in [5.74, 6) is 0.633. The fourth-order valence-electron chi connectivity index (χ4n) is 2.21. The molecule has 1 aliphatic carbocycles. The van der Waals surface area contributed by atoms with E-state index in [-0.39, 0.29) is 5.91 Å². The van der Waals surface area contributed by atoms with Crippen molar-refractivity contribution in [3.05, 3.63) is 42.0 Å². The molecule has 19 heavy (non-hydrogen) atoms. The Bertz CT molecular complexity index is 428. The van der Waals surface area contributed by atoms with Crippen LogP contribution in [0.15, 0.2) is 46.9 Å². The highest BCUT2D eigenvalue weighted by Crippen LogP contribution is 2.19. The molecule has 1 aromatic carbocycles. The minimum atomic E-state index is 0.130. The van der Waals surface area contributed by atoms with Crippen LogP contribution < -0.4 is 5.32 Å². The Morgan fingerprint density at radius 2 is 2.05 bits per heavy atom. The van der Waals surface area contributed by atoms with Crippen molar-refractivity contribution in [3.63, 3.8) is 0 Å². The first-order valence-electron chi connectivity index (χ1n) is 6.97. The second-order valence-electron chi connectivity index (χ2n) is 4.81. The van der Waals surface area contributed by atoms with Crippen molar-refractivity contribution in [1.29, 1.82) is 0 Å². The monoisotopic (exact) mass is 275 g/mol. The molecular formula is C16H21NOS. The van der Waals surface area contributed by atoms with Gasteiger partial charge in [0.2, 0.25) is 5.91 Å². The lowest BCUT2D eigenvalue weighted by atomic mass is 9.97. The van der Waals surface area contributed by atoms with Crippen LogP contribution in [0, 0.1) is 0 Å². The summed E-state index contributed by atoms with van der Waals surface area (Å²) in [6, 6.07) is 10.0. The molecule has 2 rings (SSSR count). The molecule has 0 heterocycles. The maximum absolute atomic E-state index is 11.7. The molecule has 0 aromatic heterocycles. The number of rotatable bonds is 6. The minimum Gasteiger partial charge on any atom is -0.355 e. The number of hydrogen-bond acceptors (Lipinski definition) is 2. The van der Waals surface area contributed by atoms with Gasteiger partial charge in [0.15, 0.2) is 0 Å². The van der Waals surface area contributed by atoms with Crippen molar-refractivity contribution in [2.75, 3.05) is 12.3 Å². The Labute approximate surface area is 119 Å². The van der Waals surface area contributed by atoms with Gasteiger partial charge in [0, 0.05) is 11.4 Å². The van der Waals surface area contributed by atoms with E-state index in [0.717, 1.165) is 17.9 Å². The van der Waals surface area contributed by atoms with Crippen molar-refractivity contribution in [2.45, 2.75) is 37.0 Å². The first-order valence-corrected chi connectivity index (χ1v) is 7.95. The molecule has 1 aliphatic rings. The summed E-state index contributed by atoms with van der Waals surface area (Å²) in [5.41, 5.74) is 1.52. The Hall–Kier alpha value is -1.22. The third-order valence-corrected chi connectivity index (χ3v) is 4.28. The minimum absolute atomic E-state index is 0.130. The van der Waals surface area contributed by atoms with Gasteiger partial charge in [0.25, 0.3) is 0 Å². The van der Waals surface area contributed by atoms with Gasteiger partial charge in [0.05, 0.1) is 5.75 Å². The zero-order valence-electron chi connectivity index (χ0n) is 11.2. The molecule has 2 nitrogen and oxygen atoms in total. The number of carbonyl (C=O) groups excluding carboxylic acids is 1. The van der Waals surface area contributed by atoms with E-state index in [1.165, 1.54) is 31.3 Å².